The first-order chi connectivity index (χ1) is 9.14. The van der Waals surface area contributed by atoms with E-state index in [2.05, 4.69) is 0 Å². The molecule has 1 saturated heterocycles. The quantitative estimate of drug-likeness (QED) is 0.800. The number of carbonyl (C=O) groups is 2. The molecule has 2 amide bonds. The molecule has 7 nitrogen and oxygen atoms in total. The van der Waals surface area contributed by atoms with E-state index in [-0.39, 0.29) is 6.04 Å². The predicted octanol–water partition coefficient (Wildman–Crippen LogP) is 0.321. The molecule has 1 atom stereocenters. The van der Waals surface area contributed by atoms with Gasteiger partial charge in [0, 0.05) is 30.3 Å². The van der Waals surface area contributed by atoms with E-state index in [1.165, 1.54) is 21.6 Å². The molecule has 9 heteroatoms. The van der Waals surface area contributed by atoms with Crippen LogP contribution in [0.2, 0.25) is 0 Å². The van der Waals surface area contributed by atoms with Crippen LogP contribution in [0.4, 0.5) is 4.79 Å². The van der Waals surface area contributed by atoms with E-state index in [0.717, 1.165) is 6.26 Å². The lowest BCUT2D eigenvalue weighted by Gasteiger charge is -2.38. The Bertz CT molecular complexity index is 477. The second-order valence-corrected chi connectivity index (χ2v) is 8.30. The van der Waals surface area contributed by atoms with Crippen molar-refractivity contribution in [3.63, 3.8) is 0 Å². The van der Waals surface area contributed by atoms with Crippen molar-refractivity contribution in [3.05, 3.63) is 0 Å². The molecule has 1 fully saturated rings. The summed E-state index contributed by atoms with van der Waals surface area (Å²) < 4.78 is 23.5. The van der Waals surface area contributed by atoms with Crippen molar-refractivity contribution in [3.8, 4) is 0 Å². The van der Waals surface area contributed by atoms with Gasteiger partial charge in [-0.2, -0.15) is 11.8 Å². The van der Waals surface area contributed by atoms with Gasteiger partial charge in [-0.15, -0.1) is 0 Å². The highest BCUT2D eigenvalue weighted by Crippen LogP contribution is 2.22. The Morgan fingerprint density at radius 1 is 1.45 bits per heavy atom. The van der Waals surface area contributed by atoms with E-state index in [9.17, 15) is 18.0 Å². The summed E-state index contributed by atoms with van der Waals surface area (Å²) in [7, 11) is -3.40. The van der Waals surface area contributed by atoms with E-state index >= 15 is 0 Å². The number of nitrogens with zero attached hydrogens (tertiary/aromatic N) is 2. The third kappa shape index (κ3) is 4.27. The molecule has 0 bridgehead atoms. The van der Waals surface area contributed by atoms with Gasteiger partial charge in [0.25, 0.3) is 0 Å². The first-order valence-electron chi connectivity index (χ1n) is 6.20. The second kappa shape index (κ2) is 6.66. The molecule has 0 radical (unpaired) electrons. The summed E-state index contributed by atoms with van der Waals surface area (Å²) in [6.07, 6.45) is 1.10. The number of carbonyl (C=O) groups excluding carboxylic acids is 1. The van der Waals surface area contributed by atoms with E-state index in [1.807, 2.05) is 0 Å². The summed E-state index contributed by atoms with van der Waals surface area (Å²) >= 11 is 1.48. The van der Waals surface area contributed by atoms with Crippen LogP contribution in [0.25, 0.3) is 0 Å². The standard InChI is InChI=1S/C11H20N2O5S2/c1-8(2)13(6-10(14)15)11(16)12-4-5-19-7-9(12)20(3,17)18/h8-9H,4-7H2,1-3H3,(H,14,15). The molecule has 1 N–H and O–H groups in total. The van der Waals surface area contributed by atoms with E-state index in [0.29, 0.717) is 18.1 Å². The van der Waals surface area contributed by atoms with Gasteiger partial charge in [0.2, 0.25) is 0 Å². The average molecular weight is 324 g/mol. The molecule has 0 spiro atoms. The first kappa shape index (κ1) is 17.1. The molecule has 1 aliphatic heterocycles. The Morgan fingerprint density at radius 3 is 2.50 bits per heavy atom. The first-order valence-corrected chi connectivity index (χ1v) is 9.31. The van der Waals surface area contributed by atoms with E-state index in [1.54, 1.807) is 13.8 Å². The van der Waals surface area contributed by atoms with Gasteiger partial charge in [-0.3, -0.25) is 4.79 Å². The largest absolute Gasteiger partial charge is 0.480 e. The van der Waals surface area contributed by atoms with Gasteiger partial charge < -0.3 is 14.9 Å². The molecule has 1 rings (SSSR count). The molecule has 0 saturated carbocycles. The maximum absolute atomic E-state index is 12.4. The minimum atomic E-state index is -3.40. The number of amides is 2. The minimum absolute atomic E-state index is 0.310. The Kier molecular flexibility index (Phi) is 5.69. The zero-order chi connectivity index (χ0) is 15.5. The molecule has 1 aliphatic rings. The van der Waals surface area contributed by atoms with Gasteiger partial charge in [-0.1, -0.05) is 0 Å². The summed E-state index contributed by atoms with van der Waals surface area (Å²) in [5.74, 6) is -0.144. The molecule has 1 heterocycles. The normalized spacial score (nSPS) is 20.0. The van der Waals surface area contributed by atoms with Crippen LogP contribution in [0.15, 0.2) is 0 Å². The summed E-state index contributed by atoms with van der Waals surface area (Å²) in [4.78, 5) is 25.7. The van der Waals surface area contributed by atoms with Crippen molar-refractivity contribution in [2.24, 2.45) is 0 Å². The zero-order valence-electron chi connectivity index (χ0n) is 11.8. The van der Waals surface area contributed by atoms with Crippen LogP contribution < -0.4 is 0 Å². The second-order valence-electron chi connectivity index (χ2n) is 4.95. The number of hydrogen-bond donors (Lipinski definition) is 1. The fourth-order valence-electron chi connectivity index (χ4n) is 1.94. The number of carboxylic acid groups (broad SMARTS) is 1. The molecular formula is C11H20N2O5S2. The number of thioether (sulfide) groups is 1. The lowest BCUT2D eigenvalue weighted by Crippen LogP contribution is -2.56. The van der Waals surface area contributed by atoms with Gasteiger partial charge in [0.15, 0.2) is 9.84 Å². The van der Waals surface area contributed by atoms with Crippen LogP contribution in [0.3, 0.4) is 0 Å². The number of sulfone groups is 1. The fraction of sp³-hybridized carbons (Fsp3) is 0.818. The minimum Gasteiger partial charge on any atom is -0.480 e. The highest BCUT2D eigenvalue weighted by atomic mass is 32.2. The lowest BCUT2D eigenvalue weighted by molar-refractivity contribution is -0.138. The molecule has 116 valence electrons. The summed E-state index contributed by atoms with van der Waals surface area (Å²) in [6.45, 7) is 3.28. The fourth-order valence-corrected chi connectivity index (χ4v) is 4.75. The highest BCUT2D eigenvalue weighted by molar-refractivity contribution is 8.00. The Morgan fingerprint density at radius 2 is 2.05 bits per heavy atom. The van der Waals surface area contributed by atoms with Gasteiger partial charge in [0.05, 0.1) is 0 Å². The Hall–Kier alpha value is -0.960. The molecule has 0 aromatic heterocycles. The number of urea groups is 1. The molecule has 0 aromatic rings. The van der Waals surface area contributed by atoms with Crippen molar-refractivity contribution >= 4 is 33.6 Å². The van der Waals surface area contributed by atoms with Crippen LogP contribution in [-0.2, 0) is 14.6 Å². The van der Waals surface area contributed by atoms with Crippen LogP contribution in [0.5, 0.6) is 0 Å². The topological polar surface area (TPSA) is 95.0 Å². The number of aliphatic carboxylic acids is 1. The zero-order valence-corrected chi connectivity index (χ0v) is 13.4. The monoisotopic (exact) mass is 324 g/mol. The van der Waals surface area contributed by atoms with E-state index in [4.69, 9.17) is 5.11 Å². The predicted molar refractivity (Wildman–Crippen MR) is 77.5 cm³/mol. The van der Waals surface area contributed by atoms with Crippen molar-refractivity contribution < 1.29 is 23.1 Å². The molecule has 0 aromatic carbocycles. The Balaban J connectivity index is 2.98. The summed E-state index contributed by atoms with van der Waals surface area (Å²) in [6, 6.07) is -0.841. The lowest BCUT2D eigenvalue weighted by atomic mass is 10.3. The van der Waals surface area contributed by atoms with E-state index < -0.39 is 33.8 Å². The number of rotatable bonds is 4. The summed E-state index contributed by atoms with van der Waals surface area (Å²) in [5, 5.41) is 7.99. The van der Waals surface area contributed by atoms with Crippen molar-refractivity contribution in [1.82, 2.24) is 9.80 Å². The third-order valence-corrected chi connectivity index (χ3v) is 5.64. The molecule has 20 heavy (non-hydrogen) atoms. The number of hydrogen-bond acceptors (Lipinski definition) is 5. The average Bonchev–Trinajstić information content (AvgIpc) is 2.33. The van der Waals surface area contributed by atoms with Gasteiger partial charge in [-0.25, -0.2) is 13.2 Å². The third-order valence-electron chi connectivity index (χ3n) is 3.00. The van der Waals surface area contributed by atoms with Gasteiger partial charge in [0.1, 0.15) is 11.9 Å². The highest BCUT2D eigenvalue weighted by Gasteiger charge is 2.37. The molecule has 1 unspecified atom stereocenters. The molecule has 0 aliphatic carbocycles. The van der Waals surface area contributed by atoms with Gasteiger partial charge >= 0.3 is 12.0 Å². The summed E-state index contributed by atoms with van der Waals surface area (Å²) in [5.41, 5.74) is 0. The SMILES string of the molecule is CC(C)N(CC(=O)O)C(=O)N1CCSCC1S(C)(=O)=O. The van der Waals surface area contributed by atoms with Crippen LogP contribution in [0.1, 0.15) is 13.8 Å². The van der Waals surface area contributed by atoms with Crippen molar-refractivity contribution in [1.29, 1.82) is 0 Å². The van der Waals surface area contributed by atoms with Crippen LogP contribution >= 0.6 is 11.8 Å². The van der Waals surface area contributed by atoms with Crippen molar-refractivity contribution in [2.45, 2.75) is 25.3 Å². The number of carboxylic acids is 1. The maximum atomic E-state index is 12.4. The van der Waals surface area contributed by atoms with Crippen LogP contribution in [0, 0.1) is 0 Å². The smallest absolute Gasteiger partial charge is 0.323 e. The van der Waals surface area contributed by atoms with Gasteiger partial charge in [-0.05, 0) is 13.8 Å². The van der Waals surface area contributed by atoms with Crippen LogP contribution in [-0.4, -0.2) is 77.6 Å². The maximum Gasteiger partial charge on any atom is 0.323 e. The molecular weight excluding hydrogens is 304 g/mol. The van der Waals surface area contributed by atoms with Crippen molar-refractivity contribution in [2.75, 3.05) is 30.9 Å². The Labute approximate surface area is 123 Å².